The lowest BCUT2D eigenvalue weighted by Crippen LogP contribution is -2.55. The van der Waals surface area contributed by atoms with Gasteiger partial charge in [-0.15, -0.1) is 0 Å². The van der Waals surface area contributed by atoms with Crippen molar-refractivity contribution < 1.29 is 36.6 Å². The minimum absolute atomic E-state index is 0.390. The summed E-state index contributed by atoms with van der Waals surface area (Å²) < 4.78 is 89.2. The number of nitrogens with two attached hydrogens (primary N) is 2. The van der Waals surface area contributed by atoms with Crippen LogP contribution in [0.2, 0.25) is 0 Å². The monoisotopic (exact) mass is 566 g/mol. The lowest BCUT2D eigenvalue weighted by molar-refractivity contribution is -0.288. The topological polar surface area (TPSA) is 92.5 Å². The summed E-state index contributed by atoms with van der Waals surface area (Å²) in [7, 11) is 0. The van der Waals surface area contributed by atoms with E-state index < -0.39 is 62.9 Å². The van der Waals surface area contributed by atoms with Crippen molar-refractivity contribution in [3.05, 3.63) is 118 Å². The first-order valence-electron chi connectivity index (χ1n) is 11.8. The third-order valence-electron chi connectivity index (χ3n) is 6.23. The van der Waals surface area contributed by atoms with E-state index in [2.05, 4.69) is 23.7 Å². The first-order chi connectivity index (χ1) is 19.3. The first kappa shape index (κ1) is 28.8. The number of benzene rings is 4. The number of aromatic hydroxyl groups is 2. The molecule has 0 amide bonds. The summed E-state index contributed by atoms with van der Waals surface area (Å²) in [5.41, 5.74) is 2.14. The highest BCUT2D eigenvalue weighted by molar-refractivity contribution is 5.69. The molecule has 0 radical (unpaired) electrons. The Morgan fingerprint density at radius 1 is 0.512 bits per heavy atom. The normalized spacial score (nSPS) is 11.7. The number of phenols is 2. The van der Waals surface area contributed by atoms with E-state index in [4.69, 9.17) is 11.5 Å². The molecular weight excluding hydrogens is 546 g/mol. The van der Waals surface area contributed by atoms with Gasteiger partial charge in [0, 0.05) is 11.1 Å². The van der Waals surface area contributed by atoms with Crippen molar-refractivity contribution >= 4 is 11.4 Å². The molecule has 0 aliphatic carbocycles. The first-order valence-corrected chi connectivity index (χ1v) is 11.8. The summed E-state index contributed by atoms with van der Waals surface area (Å²) in [6, 6.07) is 17.9. The summed E-state index contributed by atoms with van der Waals surface area (Å²) in [4.78, 5) is 0. The molecule has 0 aliphatic heterocycles. The standard InChI is InChI=1S/C31H20F6N2O2/c32-30(33,34)29(31(35,36)37,23-15-21(27(40)25(38)17-23)13-11-19-7-3-1-4-8-19)24-16-22(28(41)26(39)18-24)14-12-20-9-5-2-6-10-20/h1-10,15-18,40-41H,38-39H2. The SMILES string of the molecule is Nc1cc(C(c2cc(N)c(O)c(C#Cc3ccccc3)c2)(C(F)(F)F)C(F)(F)F)cc(C#Cc2ccccc2)c1O. The van der Waals surface area contributed by atoms with Crippen LogP contribution in [0.25, 0.3) is 0 Å². The van der Waals surface area contributed by atoms with Crippen LogP contribution in [0.5, 0.6) is 11.5 Å². The Hall–Kier alpha value is -5.22. The van der Waals surface area contributed by atoms with Crippen molar-refractivity contribution in [2.24, 2.45) is 0 Å². The van der Waals surface area contributed by atoms with Crippen LogP contribution in [-0.2, 0) is 5.41 Å². The van der Waals surface area contributed by atoms with Gasteiger partial charge in [-0.3, -0.25) is 0 Å². The minimum atomic E-state index is -6.01. The number of hydrogen-bond donors (Lipinski definition) is 4. The molecule has 4 aromatic rings. The van der Waals surface area contributed by atoms with E-state index in [1.54, 1.807) is 60.7 Å². The van der Waals surface area contributed by atoms with Gasteiger partial charge in [-0.25, -0.2) is 0 Å². The zero-order valence-corrected chi connectivity index (χ0v) is 20.9. The number of nitrogen functional groups attached to an aromatic ring is 2. The van der Waals surface area contributed by atoms with Crippen molar-refractivity contribution in [1.82, 2.24) is 0 Å². The zero-order valence-electron chi connectivity index (χ0n) is 20.9. The van der Waals surface area contributed by atoms with Crippen molar-refractivity contribution in [2.45, 2.75) is 17.8 Å². The highest BCUT2D eigenvalue weighted by Gasteiger charge is 2.72. The van der Waals surface area contributed by atoms with Crippen LogP contribution in [-0.4, -0.2) is 22.6 Å². The maximum absolute atomic E-state index is 14.9. The van der Waals surface area contributed by atoms with Gasteiger partial charge < -0.3 is 21.7 Å². The van der Waals surface area contributed by atoms with Gasteiger partial charge in [0.2, 0.25) is 5.41 Å². The zero-order chi connectivity index (χ0) is 30.0. The molecule has 10 heteroatoms. The average molecular weight is 567 g/mol. The molecule has 0 fully saturated rings. The van der Waals surface area contributed by atoms with E-state index in [1.165, 1.54) is 0 Å². The fourth-order valence-electron chi connectivity index (χ4n) is 4.24. The second-order valence-corrected chi connectivity index (χ2v) is 8.90. The Morgan fingerprint density at radius 3 is 1.17 bits per heavy atom. The lowest BCUT2D eigenvalue weighted by atomic mass is 9.71. The molecule has 0 bridgehead atoms. The van der Waals surface area contributed by atoms with Gasteiger partial charge in [0.1, 0.15) is 0 Å². The summed E-state index contributed by atoms with van der Waals surface area (Å²) >= 11 is 0. The molecule has 0 spiro atoms. The number of hydrogen-bond acceptors (Lipinski definition) is 4. The van der Waals surface area contributed by atoms with Gasteiger partial charge in [-0.2, -0.15) is 26.3 Å². The van der Waals surface area contributed by atoms with Gasteiger partial charge in [0.15, 0.2) is 11.5 Å². The van der Waals surface area contributed by atoms with Gasteiger partial charge in [0.05, 0.1) is 22.5 Å². The highest BCUT2D eigenvalue weighted by Crippen LogP contribution is 2.57. The smallest absolute Gasteiger partial charge is 0.411 e. The molecule has 0 aromatic heterocycles. The van der Waals surface area contributed by atoms with E-state index in [0.717, 1.165) is 0 Å². The second kappa shape index (κ2) is 10.7. The largest absolute Gasteiger partial charge is 0.505 e. The molecule has 0 aliphatic rings. The molecule has 4 aromatic carbocycles. The Kier molecular flexibility index (Phi) is 7.54. The molecule has 6 N–H and O–H groups in total. The van der Waals surface area contributed by atoms with Crippen molar-refractivity contribution in [2.75, 3.05) is 11.5 Å². The average Bonchev–Trinajstić information content (AvgIpc) is 2.90. The Bertz CT molecular complexity index is 1580. The van der Waals surface area contributed by atoms with E-state index in [0.29, 0.717) is 35.4 Å². The van der Waals surface area contributed by atoms with Crippen LogP contribution in [0.3, 0.4) is 0 Å². The fourth-order valence-corrected chi connectivity index (χ4v) is 4.24. The van der Waals surface area contributed by atoms with Gasteiger partial charge in [0.25, 0.3) is 0 Å². The Balaban J connectivity index is 2.03. The molecule has 4 nitrogen and oxygen atoms in total. The van der Waals surface area contributed by atoms with Crippen molar-refractivity contribution in [3.63, 3.8) is 0 Å². The summed E-state index contributed by atoms with van der Waals surface area (Å²) in [5.74, 6) is 8.41. The van der Waals surface area contributed by atoms with Crippen molar-refractivity contribution in [3.8, 4) is 35.2 Å². The van der Waals surface area contributed by atoms with Crippen LogP contribution in [0.4, 0.5) is 37.7 Å². The number of anilines is 2. The maximum atomic E-state index is 14.9. The van der Waals surface area contributed by atoms with E-state index in [-0.39, 0.29) is 0 Å². The van der Waals surface area contributed by atoms with Crippen LogP contribution in [0.1, 0.15) is 33.4 Å². The molecule has 0 unspecified atom stereocenters. The Morgan fingerprint density at radius 2 is 0.854 bits per heavy atom. The van der Waals surface area contributed by atoms with Crippen LogP contribution < -0.4 is 11.5 Å². The highest BCUT2D eigenvalue weighted by atomic mass is 19.4. The van der Waals surface area contributed by atoms with E-state index in [9.17, 15) is 36.6 Å². The number of phenolic OH excluding ortho intramolecular Hbond substituents is 2. The summed E-state index contributed by atoms with van der Waals surface area (Å²) in [5, 5.41) is 20.8. The second-order valence-electron chi connectivity index (χ2n) is 8.90. The number of rotatable bonds is 2. The van der Waals surface area contributed by atoms with Crippen LogP contribution in [0, 0.1) is 23.7 Å². The molecule has 41 heavy (non-hydrogen) atoms. The maximum Gasteiger partial charge on any atom is 0.411 e. The third-order valence-corrected chi connectivity index (χ3v) is 6.23. The summed E-state index contributed by atoms with van der Waals surface area (Å²) in [6.07, 6.45) is -12.0. The molecule has 0 saturated heterocycles. The fraction of sp³-hybridized carbons (Fsp3) is 0.0968. The minimum Gasteiger partial charge on any atom is -0.505 e. The Labute approximate surface area is 230 Å². The molecule has 0 atom stereocenters. The number of alkyl halides is 6. The molecular formula is C31H20F6N2O2. The lowest BCUT2D eigenvalue weighted by Gasteiger charge is -2.38. The predicted molar refractivity (Wildman–Crippen MR) is 143 cm³/mol. The third kappa shape index (κ3) is 5.45. The van der Waals surface area contributed by atoms with E-state index in [1.807, 2.05) is 0 Å². The van der Waals surface area contributed by atoms with Crippen LogP contribution in [0.15, 0.2) is 84.9 Å². The van der Waals surface area contributed by atoms with Crippen molar-refractivity contribution in [1.29, 1.82) is 0 Å². The molecule has 4 rings (SSSR count). The quantitative estimate of drug-likeness (QED) is 0.0969. The summed E-state index contributed by atoms with van der Waals surface area (Å²) in [6.45, 7) is 0. The van der Waals surface area contributed by atoms with Gasteiger partial charge >= 0.3 is 12.4 Å². The molecule has 0 saturated carbocycles. The van der Waals surface area contributed by atoms with Crippen LogP contribution >= 0.6 is 0 Å². The molecule has 0 heterocycles. The molecule has 208 valence electrons. The van der Waals surface area contributed by atoms with E-state index >= 15 is 0 Å². The van der Waals surface area contributed by atoms with Gasteiger partial charge in [-0.05, 0) is 59.7 Å². The number of halogens is 6. The predicted octanol–water partition coefficient (Wildman–Crippen LogP) is 6.47. The van der Waals surface area contributed by atoms with Gasteiger partial charge in [-0.1, -0.05) is 60.1 Å².